The summed E-state index contributed by atoms with van der Waals surface area (Å²) in [5.41, 5.74) is 1.04. The minimum atomic E-state index is -0.0953. The van der Waals surface area contributed by atoms with Gasteiger partial charge in [-0.2, -0.15) is 0 Å². The fraction of sp³-hybridized carbons (Fsp3) is 0.611. The molecule has 1 saturated carbocycles. The summed E-state index contributed by atoms with van der Waals surface area (Å²) in [7, 11) is 0. The molecule has 1 unspecified atom stereocenters. The molecule has 0 radical (unpaired) electrons. The number of nitrogens with zero attached hydrogens (tertiary/aromatic N) is 1. The number of carbonyl (C=O) groups excluding carboxylic acids is 1. The number of hydrogen-bond donors (Lipinski definition) is 1. The number of nitrogens with one attached hydrogen (secondary N) is 1. The molecule has 1 aromatic rings. The monoisotopic (exact) mass is 336 g/mol. The number of benzene rings is 1. The van der Waals surface area contributed by atoms with Crippen molar-refractivity contribution in [2.24, 2.45) is 0 Å². The first kappa shape index (κ1) is 16.6. The zero-order chi connectivity index (χ0) is 16.3. The highest BCUT2D eigenvalue weighted by Gasteiger charge is 2.42. The van der Waals surface area contributed by atoms with Gasteiger partial charge in [0.05, 0.1) is 18.2 Å². The van der Waals surface area contributed by atoms with Crippen LogP contribution < -0.4 is 5.32 Å². The molecule has 23 heavy (non-hydrogen) atoms. The minimum Gasteiger partial charge on any atom is -0.368 e. The van der Waals surface area contributed by atoms with Crippen LogP contribution in [0.4, 0.5) is 4.79 Å². The van der Waals surface area contributed by atoms with Crippen molar-refractivity contribution in [3.05, 3.63) is 34.9 Å². The molecule has 0 bridgehead atoms. The van der Waals surface area contributed by atoms with Gasteiger partial charge in [-0.25, -0.2) is 4.79 Å². The lowest BCUT2D eigenvalue weighted by molar-refractivity contribution is -0.133. The number of hydrogen-bond acceptors (Lipinski definition) is 2. The SMILES string of the molecule is CC1CN(C(=O)NCCc2cccc(Cl)c2)CC2(CCCC2)O1. The third-order valence-corrected chi connectivity index (χ3v) is 5.02. The Labute approximate surface area is 143 Å². The Morgan fingerprint density at radius 3 is 2.96 bits per heavy atom. The zero-order valence-electron chi connectivity index (χ0n) is 13.7. The topological polar surface area (TPSA) is 41.6 Å². The largest absolute Gasteiger partial charge is 0.368 e. The van der Waals surface area contributed by atoms with Gasteiger partial charge in [0.1, 0.15) is 0 Å². The predicted molar refractivity (Wildman–Crippen MR) is 91.9 cm³/mol. The molecule has 2 aliphatic rings. The van der Waals surface area contributed by atoms with E-state index in [2.05, 4.69) is 12.2 Å². The Bertz CT molecular complexity index is 558. The maximum absolute atomic E-state index is 12.5. The first-order valence-corrected chi connectivity index (χ1v) is 8.89. The lowest BCUT2D eigenvalue weighted by Gasteiger charge is -2.43. The highest BCUT2D eigenvalue weighted by Crippen LogP contribution is 2.37. The fourth-order valence-corrected chi connectivity index (χ4v) is 4.01. The maximum atomic E-state index is 12.5. The smallest absolute Gasteiger partial charge is 0.317 e. The lowest BCUT2D eigenvalue weighted by atomic mass is 9.98. The van der Waals surface area contributed by atoms with Crippen LogP contribution in [-0.4, -0.2) is 42.3 Å². The summed E-state index contributed by atoms with van der Waals surface area (Å²) < 4.78 is 6.17. The van der Waals surface area contributed by atoms with E-state index in [-0.39, 0.29) is 17.7 Å². The summed E-state index contributed by atoms with van der Waals surface area (Å²) in [5.74, 6) is 0. The van der Waals surface area contributed by atoms with Crippen molar-refractivity contribution in [3.63, 3.8) is 0 Å². The zero-order valence-corrected chi connectivity index (χ0v) is 14.4. The van der Waals surface area contributed by atoms with Crippen molar-refractivity contribution >= 4 is 17.6 Å². The van der Waals surface area contributed by atoms with E-state index in [9.17, 15) is 4.79 Å². The molecule has 1 atom stereocenters. The second kappa shape index (κ2) is 7.10. The van der Waals surface area contributed by atoms with E-state index in [1.165, 1.54) is 12.8 Å². The summed E-state index contributed by atoms with van der Waals surface area (Å²) >= 11 is 5.98. The second-order valence-electron chi connectivity index (χ2n) is 6.81. The molecule has 1 aliphatic carbocycles. The number of halogens is 1. The van der Waals surface area contributed by atoms with Gasteiger partial charge < -0.3 is 15.0 Å². The average molecular weight is 337 g/mol. The van der Waals surface area contributed by atoms with Crippen molar-refractivity contribution in [3.8, 4) is 0 Å². The van der Waals surface area contributed by atoms with Gasteiger partial charge >= 0.3 is 6.03 Å². The third-order valence-electron chi connectivity index (χ3n) is 4.79. The highest BCUT2D eigenvalue weighted by atomic mass is 35.5. The maximum Gasteiger partial charge on any atom is 0.317 e. The molecule has 1 aromatic carbocycles. The van der Waals surface area contributed by atoms with Crippen molar-refractivity contribution in [1.82, 2.24) is 10.2 Å². The van der Waals surface area contributed by atoms with Crippen LogP contribution in [0.1, 0.15) is 38.2 Å². The molecule has 3 rings (SSSR count). The van der Waals surface area contributed by atoms with Crippen LogP contribution in [0.15, 0.2) is 24.3 Å². The van der Waals surface area contributed by atoms with Gasteiger partial charge in [0.25, 0.3) is 0 Å². The number of morpholine rings is 1. The average Bonchev–Trinajstić information content (AvgIpc) is 2.94. The third kappa shape index (κ3) is 4.18. The molecule has 1 saturated heterocycles. The molecule has 1 aliphatic heterocycles. The molecule has 126 valence electrons. The molecule has 1 heterocycles. The van der Waals surface area contributed by atoms with Gasteiger partial charge in [-0.15, -0.1) is 0 Å². The Morgan fingerprint density at radius 1 is 1.43 bits per heavy atom. The van der Waals surface area contributed by atoms with E-state index in [1.807, 2.05) is 29.2 Å². The first-order valence-electron chi connectivity index (χ1n) is 8.51. The fourth-order valence-electron chi connectivity index (χ4n) is 3.79. The van der Waals surface area contributed by atoms with Crippen molar-refractivity contribution in [2.75, 3.05) is 19.6 Å². The van der Waals surface area contributed by atoms with Gasteiger partial charge in [-0.1, -0.05) is 36.6 Å². The van der Waals surface area contributed by atoms with E-state index in [1.54, 1.807) is 0 Å². The Hall–Kier alpha value is -1.26. The molecular formula is C18H25ClN2O2. The van der Waals surface area contributed by atoms with Crippen LogP contribution >= 0.6 is 11.6 Å². The van der Waals surface area contributed by atoms with Crippen molar-refractivity contribution in [1.29, 1.82) is 0 Å². The second-order valence-corrected chi connectivity index (χ2v) is 7.25. The van der Waals surface area contributed by atoms with Crippen LogP contribution in [-0.2, 0) is 11.2 Å². The first-order chi connectivity index (χ1) is 11.1. The quantitative estimate of drug-likeness (QED) is 0.915. The Morgan fingerprint density at radius 2 is 2.22 bits per heavy atom. The molecule has 5 heteroatoms. The normalized spacial score (nSPS) is 23.2. The summed E-state index contributed by atoms with van der Waals surface area (Å²) in [4.78, 5) is 14.4. The summed E-state index contributed by atoms with van der Waals surface area (Å²) in [6.07, 6.45) is 5.46. The van der Waals surface area contributed by atoms with Crippen LogP contribution in [0, 0.1) is 0 Å². The van der Waals surface area contributed by atoms with Gasteiger partial charge in [-0.05, 0) is 43.9 Å². The van der Waals surface area contributed by atoms with Crippen LogP contribution in [0.25, 0.3) is 0 Å². The molecule has 4 nitrogen and oxygen atoms in total. The Kier molecular flexibility index (Phi) is 5.12. The van der Waals surface area contributed by atoms with Gasteiger partial charge in [0.2, 0.25) is 0 Å². The number of urea groups is 1. The minimum absolute atomic E-state index is 0.0217. The van der Waals surface area contributed by atoms with Crippen LogP contribution in [0.2, 0.25) is 5.02 Å². The van der Waals surface area contributed by atoms with Crippen molar-refractivity contribution < 1.29 is 9.53 Å². The predicted octanol–water partition coefficient (Wildman–Crippen LogP) is 3.63. The van der Waals surface area contributed by atoms with E-state index < -0.39 is 0 Å². The van der Waals surface area contributed by atoms with Crippen LogP contribution in [0.3, 0.4) is 0 Å². The molecule has 2 amide bonds. The molecule has 1 N–H and O–H groups in total. The molecular weight excluding hydrogens is 312 g/mol. The summed E-state index contributed by atoms with van der Waals surface area (Å²) in [5, 5.41) is 3.77. The molecule has 2 fully saturated rings. The van der Waals surface area contributed by atoms with Crippen LogP contribution in [0.5, 0.6) is 0 Å². The molecule has 1 spiro atoms. The Balaban J connectivity index is 1.51. The highest BCUT2D eigenvalue weighted by molar-refractivity contribution is 6.30. The number of amides is 2. The van der Waals surface area contributed by atoms with E-state index in [4.69, 9.17) is 16.3 Å². The summed E-state index contributed by atoms with van der Waals surface area (Å²) in [6, 6.07) is 7.79. The summed E-state index contributed by atoms with van der Waals surface area (Å²) in [6.45, 7) is 4.08. The number of ether oxygens (including phenoxy) is 1. The molecule has 0 aromatic heterocycles. The number of rotatable bonds is 3. The van der Waals surface area contributed by atoms with E-state index >= 15 is 0 Å². The van der Waals surface area contributed by atoms with E-state index in [0.717, 1.165) is 36.4 Å². The number of carbonyl (C=O) groups is 1. The van der Waals surface area contributed by atoms with Crippen molar-refractivity contribution in [2.45, 2.75) is 50.7 Å². The standard InChI is InChI=1S/C18H25ClN2O2/c1-14-12-21(13-18(23-14)8-2-3-9-18)17(22)20-10-7-15-5-4-6-16(19)11-15/h4-6,11,14H,2-3,7-10,12-13H2,1H3,(H,20,22). The van der Waals surface area contributed by atoms with E-state index in [0.29, 0.717) is 13.1 Å². The van der Waals surface area contributed by atoms with Gasteiger partial charge in [0, 0.05) is 18.1 Å². The lowest BCUT2D eigenvalue weighted by Crippen LogP contribution is -2.57. The van der Waals surface area contributed by atoms with Gasteiger partial charge in [0.15, 0.2) is 0 Å². The van der Waals surface area contributed by atoms with Gasteiger partial charge in [-0.3, -0.25) is 0 Å².